The van der Waals surface area contributed by atoms with E-state index in [0.717, 1.165) is 6.20 Å². The number of pyridine rings is 1. The molecule has 7 nitrogen and oxygen atoms in total. The lowest BCUT2D eigenvalue weighted by Crippen LogP contribution is -2.47. The lowest BCUT2D eigenvalue weighted by Gasteiger charge is -2.32. The van der Waals surface area contributed by atoms with Crippen LogP contribution in [0.25, 0.3) is 0 Å². The van der Waals surface area contributed by atoms with Crippen LogP contribution in [-0.2, 0) is 0 Å². The number of furan rings is 1. The first-order valence-electron chi connectivity index (χ1n) is 8.48. The van der Waals surface area contributed by atoms with Crippen molar-refractivity contribution in [2.24, 2.45) is 0 Å². The van der Waals surface area contributed by atoms with Gasteiger partial charge in [0, 0.05) is 19.1 Å². The molecule has 3 amide bonds. The summed E-state index contributed by atoms with van der Waals surface area (Å²) >= 11 is 0. The van der Waals surface area contributed by atoms with Gasteiger partial charge in [0.1, 0.15) is 23.2 Å². The van der Waals surface area contributed by atoms with Crippen LogP contribution in [0.1, 0.15) is 34.7 Å². The molecule has 0 atom stereocenters. The van der Waals surface area contributed by atoms with Crippen LogP contribution < -0.4 is 10.6 Å². The van der Waals surface area contributed by atoms with Gasteiger partial charge in [-0.1, -0.05) is 0 Å². The van der Waals surface area contributed by atoms with Gasteiger partial charge in [-0.15, -0.1) is 0 Å². The lowest BCUT2D eigenvalue weighted by atomic mass is 10.0. The number of urea groups is 1. The Morgan fingerprint density at radius 1 is 1.27 bits per heavy atom. The van der Waals surface area contributed by atoms with Crippen LogP contribution in [0.2, 0.25) is 0 Å². The zero-order chi connectivity index (χ0) is 18.7. The van der Waals surface area contributed by atoms with Gasteiger partial charge in [-0.25, -0.2) is 14.2 Å². The highest BCUT2D eigenvalue weighted by molar-refractivity contribution is 5.95. The maximum atomic E-state index is 12.8. The van der Waals surface area contributed by atoms with Crippen molar-refractivity contribution in [2.75, 3.05) is 18.4 Å². The van der Waals surface area contributed by atoms with Crippen LogP contribution in [0.5, 0.6) is 0 Å². The minimum Gasteiger partial charge on any atom is -0.466 e. The SMILES string of the molecule is Cc1cc(C(=O)NC2CCN(C(=O)Nc3ccc(F)cn3)CC2)c(C)o1. The number of aryl methyl sites for hydroxylation is 2. The van der Waals surface area contributed by atoms with Crippen molar-refractivity contribution in [1.82, 2.24) is 15.2 Å². The molecule has 0 unspecified atom stereocenters. The molecule has 26 heavy (non-hydrogen) atoms. The molecular formula is C18H21FN4O3. The van der Waals surface area contributed by atoms with Crippen molar-refractivity contribution >= 4 is 17.8 Å². The normalized spacial score (nSPS) is 15.0. The number of rotatable bonds is 3. The molecule has 0 radical (unpaired) electrons. The predicted molar refractivity (Wildman–Crippen MR) is 93.5 cm³/mol. The number of carbonyl (C=O) groups is 2. The Balaban J connectivity index is 1.49. The first kappa shape index (κ1) is 17.9. The van der Waals surface area contributed by atoms with Gasteiger partial charge in [0.05, 0.1) is 11.8 Å². The Bertz CT molecular complexity index is 795. The second-order valence-corrected chi connectivity index (χ2v) is 6.35. The van der Waals surface area contributed by atoms with Gasteiger partial charge in [-0.3, -0.25) is 10.1 Å². The molecule has 2 N–H and O–H groups in total. The van der Waals surface area contributed by atoms with Crippen molar-refractivity contribution in [2.45, 2.75) is 32.7 Å². The molecule has 1 fully saturated rings. The summed E-state index contributed by atoms with van der Waals surface area (Å²) < 4.78 is 18.2. The maximum absolute atomic E-state index is 12.8. The fourth-order valence-corrected chi connectivity index (χ4v) is 2.98. The van der Waals surface area contributed by atoms with Crippen LogP contribution >= 0.6 is 0 Å². The fraction of sp³-hybridized carbons (Fsp3) is 0.389. The number of hydrogen-bond acceptors (Lipinski definition) is 4. The average Bonchev–Trinajstić information content (AvgIpc) is 2.96. The molecule has 3 rings (SSSR count). The molecular weight excluding hydrogens is 339 g/mol. The van der Waals surface area contributed by atoms with Crippen LogP contribution in [0.3, 0.4) is 0 Å². The van der Waals surface area contributed by atoms with Crippen molar-refractivity contribution in [1.29, 1.82) is 0 Å². The molecule has 0 aliphatic carbocycles. The van der Waals surface area contributed by atoms with E-state index in [0.29, 0.717) is 48.8 Å². The molecule has 0 bridgehead atoms. The van der Waals surface area contributed by atoms with E-state index < -0.39 is 5.82 Å². The summed E-state index contributed by atoms with van der Waals surface area (Å²) in [7, 11) is 0. The van der Waals surface area contributed by atoms with Crippen LogP contribution in [-0.4, -0.2) is 41.0 Å². The monoisotopic (exact) mass is 360 g/mol. The summed E-state index contributed by atoms with van der Waals surface area (Å²) in [5.41, 5.74) is 0.546. The van der Waals surface area contributed by atoms with E-state index in [9.17, 15) is 14.0 Å². The summed E-state index contributed by atoms with van der Waals surface area (Å²) in [4.78, 5) is 30.0. The molecule has 1 aliphatic rings. The Morgan fingerprint density at radius 2 is 2.00 bits per heavy atom. The van der Waals surface area contributed by atoms with E-state index in [4.69, 9.17) is 4.42 Å². The standard InChI is InChI=1S/C18H21FN4O3/c1-11-9-15(12(2)26-11)17(24)21-14-5-7-23(8-6-14)18(25)22-16-4-3-13(19)10-20-16/h3-4,9-10,14H,5-8H2,1-2H3,(H,21,24)(H,20,22,25). The average molecular weight is 360 g/mol. The fourth-order valence-electron chi connectivity index (χ4n) is 2.98. The van der Waals surface area contributed by atoms with Crippen molar-refractivity contribution < 1.29 is 18.4 Å². The Kier molecular flexibility index (Phi) is 5.20. The molecule has 0 aromatic carbocycles. The number of amides is 3. The van der Waals surface area contributed by atoms with Crippen molar-refractivity contribution in [3.63, 3.8) is 0 Å². The summed E-state index contributed by atoms with van der Waals surface area (Å²) in [6, 6.07) is 4.10. The summed E-state index contributed by atoms with van der Waals surface area (Å²) in [6.45, 7) is 4.60. The number of carbonyl (C=O) groups excluding carboxylic acids is 2. The van der Waals surface area contributed by atoms with Crippen molar-refractivity contribution in [3.05, 3.63) is 47.3 Å². The highest BCUT2D eigenvalue weighted by Crippen LogP contribution is 2.16. The third-order valence-electron chi connectivity index (χ3n) is 4.37. The number of nitrogens with zero attached hydrogens (tertiary/aromatic N) is 2. The third kappa shape index (κ3) is 4.19. The number of aromatic nitrogens is 1. The lowest BCUT2D eigenvalue weighted by molar-refractivity contribution is 0.0917. The number of hydrogen-bond donors (Lipinski definition) is 2. The molecule has 2 aromatic heterocycles. The number of likely N-dealkylation sites (tertiary alicyclic amines) is 1. The van der Waals surface area contributed by atoms with Crippen LogP contribution in [0.15, 0.2) is 28.8 Å². The van der Waals surface area contributed by atoms with Gasteiger partial charge in [0.2, 0.25) is 0 Å². The Labute approximate surface area is 150 Å². The zero-order valence-corrected chi connectivity index (χ0v) is 14.7. The highest BCUT2D eigenvalue weighted by Gasteiger charge is 2.25. The minimum atomic E-state index is -0.456. The van der Waals surface area contributed by atoms with E-state index in [1.165, 1.54) is 12.1 Å². The van der Waals surface area contributed by atoms with Gasteiger partial charge >= 0.3 is 6.03 Å². The molecule has 0 saturated carbocycles. The first-order chi connectivity index (χ1) is 12.4. The number of nitrogens with one attached hydrogen (secondary N) is 2. The highest BCUT2D eigenvalue weighted by atomic mass is 19.1. The summed E-state index contributed by atoms with van der Waals surface area (Å²) in [6.07, 6.45) is 2.37. The Hall–Kier alpha value is -2.90. The second kappa shape index (κ2) is 7.55. The van der Waals surface area contributed by atoms with E-state index in [-0.39, 0.29) is 18.0 Å². The number of halogens is 1. The van der Waals surface area contributed by atoms with Gasteiger partial charge in [0.25, 0.3) is 5.91 Å². The molecule has 1 saturated heterocycles. The maximum Gasteiger partial charge on any atom is 0.323 e. The Morgan fingerprint density at radius 3 is 2.58 bits per heavy atom. The van der Waals surface area contributed by atoms with E-state index in [1.807, 2.05) is 0 Å². The topological polar surface area (TPSA) is 87.5 Å². The molecule has 1 aliphatic heterocycles. The first-order valence-corrected chi connectivity index (χ1v) is 8.48. The zero-order valence-electron chi connectivity index (χ0n) is 14.7. The third-order valence-corrected chi connectivity index (χ3v) is 4.37. The summed E-state index contributed by atoms with van der Waals surface area (Å²) in [5, 5.41) is 5.63. The molecule has 2 aromatic rings. The van der Waals surface area contributed by atoms with E-state index in [1.54, 1.807) is 24.8 Å². The molecule has 138 valence electrons. The quantitative estimate of drug-likeness (QED) is 0.881. The molecule has 8 heteroatoms. The smallest absolute Gasteiger partial charge is 0.323 e. The number of anilines is 1. The second-order valence-electron chi connectivity index (χ2n) is 6.35. The van der Waals surface area contributed by atoms with E-state index >= 15 is 0 Å². The minimum absolute atomic E-state index is 0.00472. The number of piperidine rings is 1. The molecule has 0 spiro atoms. The van der Waals surface area contributed by atoms with Gasteiger partial charge < -0.3 is 14.6 Å². The predicted octanol–water partition coefficient (Wildman–Crippen LogP) is 2.86. The van der Waals surface area contributed by atoms with Crippen LogP contribution in [0, 0.1) is 19.7 Å². The largest absolute Gasteiger partial charge is 0.466 e. The molecule has 3 heterocycles. The summed E-state index contributed by atoms with van der Waals surface area (Å²) in [5.74, 6) is 0.996. The van der Waals surface area contributed by atoms with Gasteiger partial charge in [0.15, 0.2) is 0 Å². The van der Waals surface area contributed by atoms with E-state index in [2.05, 4.69) is 15.6 Å². The van der Waals surface area contributed by atoms with Crippen molar-refractivity contribution in [3.8, 4) is 0 Å². The van der Waals surface area contributed by atoms with Gasteiger partial charge in [-0.2, -0.15) is 0 Å². The van der Waals surface area contributed by atoms with Gasteiger partial charge in [-0.05, 0) is 44.9 Å². The van der Waals surface area contributed by atoms with Crippen LogP contribution in [0.4, 0.5) is 15.0 Å².